The van der Waals surface area contributed by atoms with Gasteiger partial charge in [-0.1, -0.05) is 54.3 Å². The standard InChI is InChI=1S/C34H38N4O5.Fe/c1-7-20-17(3)24-14-29-33(43)34(6,8-2)30(38-29)16-25-19(5)22(10-12-32(41)42)28(37-25)15-27-21(9-11-31(39)40)18(4)23(36-27)13-26(20)35-24;/h13-16H,7-12H2,1-6H3,(H4,35,36,37,38,39,40,41,42,43);/q;+2/p-2. The summed E-state index contributed by atoms with van der Waals surface area (Å²) < 4.78 is 0. The van der Waals surface area contributed by atoms with Crippen LogP contribution in [0.25, 0.3) is 33.2 Å². The summed E-state index contributed by atoms with van der Waals surface area (Å²) in [6.07, 6.45) is 1.69. The molecule has 0 aliphatic carbocycles. The van der Waals surface area contributed by atoms with Crippen LogP contribution in [0, 0.1) is 13.8 Å². The van der Waals surface area contributed by atoms with E-state index in [-0.39, 0.29) is 48.5 Å². The predicted molar refractivity (Wildman–Crippen MR) is 165 cm³/mol. The number of carbonyl (C=O) groups is 3. The molecule has 0 amide bonds. The molecule has 8 bridgehead atoms. The van der Waals surface area contributed by atoms with Gasteiger partial charge in [-0.2, -0.15) is 0 Å². The van der Waals surface area contributed by atoms with Crippen LogP contribution in [0.5, 0.6) is 0 Å². The first kappa shape index (κ1) is 32.9. The van der Waals surface area contributed by atoms with Gasteiger partial charge in [0.25, 0.3) is 0 Å². The van der Waals surface area contributed by atoms with E-state index in [1.165, 1.54) is 0 Å². The molecule has 10 heteroatoms. The van der Waals surface area contributed by atoms with E-state index < -0.39 is 17.4 Å². The van der Waals surface area contributed by atoms with Crippen molar-refractivity contribution in [2.75, 3.05) is 0 Å². The van der Waals surface area contributed by atoms with E-state index in [2.05, 4.69) is 6.92 Å². The number of carbonyl (C=O) groups excluding carboxylic acids is 1. The number of carboxylic acid groups (broad SMARTS) is 2. The summed E-state index contributed by atoms with van der Waals surface area (Å²) in [6.45, 7) is 11.7. The van der Waals surface area contributed by atoms with E-state index in [9.17, 15) is 24.6 Å². The second-order valence-corrected chi connectivity index (χ2v) is 11.6. The number of fused-ring (bicyclic) bond motifs is 8. The van der Waals surface area contributed by atoms with Crippen molar-refractivity contribution in [1.82, 2.24) is 19.9 Å². The first-order valence-electron chi connectivity index (χ1n) is 14.7. The molecule has 9 nitrogen and oxygen atoms in total. The number of nitrogens with zero attached hydrogens (tertiary/aromatic N) is 4. The number of hydrogen-bond acceptors (Lipinski definition) is 5. The molecule has 0 aromatic carbocycles. The van der Waals surface area contributed by atoms with Gasteiger partial charge in [0.15, 0.2) is 5.78 Å². The fourth-order valence-electron chi connectivity index (χ4n) is 6.06. The van der Waals surface area contributed by atoms with Crippen LogP contribution in [0.2, 0.25) is 0 Å². The van der Waals surface area contributed by atoms with Crippen LogP contribution in [-0.2, 0) is 44.9 Å². The molecule has 0 saturated carbocycles. The van der Waals surface area contributed by atoms with Gasteiger partial charge in [-0.15, -0.1) is 22.1 Å². The van der Waals surface area contributed by atoms with Crippen molar-refractivity contribution in [3.8, 4) is 0 Å². The molecule has 5 heterocycles. The first-order valence-corrected chi connectivity index (χ1v) is 14.7. The smallest absolute Gasteiger partial charge is 0.657 e. The number of Topliss-reactive ketones (excluding diaryl/α,β-unsaturated/α-hetero) is 1. The number of rotatable bonds is 8. The third-order valence-electron chi connectivity index (χ3n) is 9.03. The molecule has 0 saturated heterocycles. The van der Waals surface area contributed by atoms with Crippen LogP contribution in [0.4, 0.5) is 0 Å². The van der Waals surface area contributed by atoms with E-state index in [1.807, 2.05) is 52.8 Å². The van der Waals surface area contributed by atoms with Gasteiger partial charge >= 0.3 is 29.0 Å². The third kappa shape index (κ3) is 5.76. The minimum absolute atomic E-state index is 0. The average molecular weight is 637 g/mol. The van der Waals surface area contributed by atoms with Gasteiger partial charge < -0.3 is 20.2 Å². The van der Waals surface area contributed by atoms with Crippen molar-refractivity contribution in [2.24, 2.45) is 0 Å². The van der Waals surface area contributed by atoms with Gasteiger partial charge in [0, 0.05) is 12.8 Å². The second-order valence-electron chi connectivity index (χ2n) is 11.6. The maximum Gasteiger partial charge on any atom is 2.00 e. The van der Waals surface area contributed by atoms with Crippen molar-refractivity contribution in [3.63, 3.8) is 0 Å². The second kappa shape index (κ2) is 12.5. The predicted octanol–water partition coefficient (Wildman–Crippen LogP) is 6.11. The average Bonchev–Trinajstić information content (AvgIpc) is 3.59. The molecule has 3 aromatic heterocycles. The number of aromatic nitrogens is 4. The van der Waals surface area contributed by atoms with Crippen LogP contribution in [0.3, 0.4) is 0 Å². The van der Waals surface area contributed by atoms with Gasteiger partial charge in [-0.25, -0.2) is 9.97 Å². The number of carboxylic acids is 2. The zero-order valence-corrected chi connectivity index (χ0v) is 26.9. The Hall–Kier alpha value is -4.01. The number of aliphatic carboxylic acids is 2. The Balaban J connectivity index is 0.00000442. The minimum Gasteiger partial charge on any atom is -0.657 e. The Bertz CT molecular complexity index is 1880. The monoisotopic (exact) mass is 636 g/mol. The van der Waals surface area contributed by atoms with Crippen molar-refractivity contribution in [3.05, 3.63) is 69.3 Å². The van der Waals surface area contributed by atoms with Gasteiger partial charge in [-0.05, 0) is 70.6 Å². The van der Waals surface area contributed by atoms with Crippen LogP contribution < -0.4 is 9.97 Å². The number of hydrogen-bond donors (Lipinski definition) is 2. The quantitative estimate of drug-likeness (QED) is 0.280. The molecule has 2 N–H and O–H groups in total. The molecule has 0 spiro atoms. The van der Waals surface area contributed by atoms with Gasteiger partial charge in [0.05, 0.1) is 22.5 Å². The molecule has 0 fully saturated rings. The summed E-state index contributed by atoms with van der Waals surface area (Å²) in [6, 6.07) is 7.36. The fourth-order valence-corrected chi connectivity index (χ4v) is 6.06. The van der Waals surface area contributed by atoms with Crippen molar-refractivity contribution >= 4 is 50.9 Å². The molecule has 0 radical (unpaired) electrons. The van der Waals surface area contributed by atoms with E-state index in [0.717, 1.165) is 45.5 Å². The minimum atomic E-state index is -0.917. The number of ketones is 1. The Kier molecular flexibility index (Phi) is 9.37. The van der Waals surface area contributed by atoms with Crippen LogP contribution >= 0.6 is 0 Å². The molecule has 44 heavy (non-hydrogen) atoms. The largest absolute Gasteiger partial charge is 2.00 e. The van der Waals surface area contributed by atoms with Gasteiger partial charge in [0.1, 0.15) is 5.69 Å². The molecule has 3 aromatic rings. The Labute approximate surface area is 266 Å². The Morgan fingerprint density at radius 1 is 0.773 bits per heavy atom. The molecular weight excluding hydrogens is 600 g/mol. The first-order chi connectivity index (χ1) is 20.4. The normalized spacial score (nSPS) is 16.3. The Morgan fingerprint density at radius 2 is 1.32 bits per heavy atom. The molecular formula is C34H36FeN4O5. The topological polar surface area (TPSA) is 146 Å². The summed E-state index contributed by atoms with van der Waals surface area (Å²) in [5.74, 6) is -1.89. The van der Waals surface area contributed by atoms with Crippen molar-refractivity contribution in [2.45, 2.75) is 85.5 Å². The zero-order chi connectivity index (χ0) is 31.2. The van der Waals surface area contributed by atoms with E-state index >= 15 is 0 Å². The zero-order valence-electron chi connectivity index (χ0n) is 25.8. The van der Waals surface area contributed by atoms with E-state index in [4.69, 9.17) is 19.9 Å². The molecule has 230 valence electrons. The molecule has 1 unspecified atom stereocenters. The Morgan fingerprint density at radius 3 is 1.82 bits per heavy atom. The summed E-state index contributed by atoms with van der Waals surface area (Å²) in [5.41, 5.74) is 9.32. The summed E-state index contributed by atoms with van der Waals surface area (Å²) >= 11 is 0. The summed E-state index contributed by atoms with van der Waals surface area (Å²) in [5, 5.41) is 18.9. The van der Waals surface area contributed by atoms with E-state index in [0.29, 0.717) is 45.6 Å². The SMILES string of the molecule is CCC1=C(C)c2cc3nc(cc4[n-]c(cc5[n-]c(cc1n2)c(C)c5CCC(=O)O)c(CCC(=O)O)c4C)C(C)(CC)C3=O.[Fe+2]. The van der Waals surface area contributed by atoms with Crippen molar-refractivity contribution < 1.29 is 41.7 Å². The molecule has 2 aliphatic rings. The summed E-state index contributed by atoms with van der Waals surface area (Å²) in [4.78, 5) is 56.4. The van der Waals surface area contributed by atoms with Crippen LogP contribution in [0.15, 0.2) is 24.3 Å². The molecule has 1 atom stereocenters. The fraction of sp³-hybridized carbons (Fsp3) is 0.382. The van der Waals surface area contributed by atoms with Crippen LogP contribution in [-0.4, -0.2) is 37.9 Å². The third-order valence-corrected chi connectivity index (χ3v) is 9.03. The molecule has 2 aliphatic heterocycles. The number of aryl methyl sites for hydroxylation is 4. The maximum absolute atomic E-state index is 13.8. The van der Waals surface area contributed by atoms with Crippen LogP contribution in [0.1, 0.15) is 103 Å². The van der Waals surface area contributed by atoms with Crippen molar-refractivity contribution in [1.29, 1.82) is 0 Å². The number of allylic oxidation sites excluding steroid dienone is 2. The summed E-state index contributed by atoms with van der Waals surface area (Å²) in [7, 11) is 0. The van der Waals surface area contributed by atoms with Gasteiger partial charge in [-0.3, -0.25) is 14.4 Å². The van der Waals surface area contributed by atoms with E-state index in [1.54, 1.807) is 6.07 Å². The maximum atomic E-state index is 13.8. The molecule has 5 rings (SSSR count). The van der Waals surface area contributed by atoms with Gasteiger partial charge in [0.2, 0.25) is 0 Å².